The molecule has 20 heavy (non-hydrogen) atoms. The minimum atomic E-state index is -0.124. The molecule has 0 bridgehead atoms. The summed E-state index contributed by atoms with van der Waals surface area (Å²) in [5.74, 6) is 1.92. The molecule has 0 fully saturated rings. The molecule has 5 nitrogen and oxygen atoms in total. The molecule has 0 aliphatic carbocycles. The second-order valence-electron chi connectivity index (χ2n) is 5.56. The van der Waals surface area contributed by atoms with Gasteiger partial charge in [-0.25, -0.2) is 4.98 Å². The Kier molecular flexibility index (Phi) is 3.61. The van der Waals surface area contributed by atoms with Gasteiger partial charge in [0.15, 0.2) is 11.5 Å². The van der Waals surface area contributed by atoms with Crippen molar-refractivity contribution in [1.82, 2.24) is 9.55 Å². The van der Waals surface area contributed by atoms with Crippen LogP contribution in [0, 0.1) is 0 Å². The van der Waals surface area contributed by atoms with Gasteiger partial charge in [-0.05, 0) is 32.9 Å². The van der Waals surface area contributed by atoms with Crippen LogP contribution < -0.4 is 15.2 Å². The summed E-state index contributed by atoms with van der Waals surface area (Å²) in [6, 6.07) is 5.67. The molecule has 2 aromatic rings. The monoisotopic (exact) mass is 275 g/mol. The van der Waals surface area contributed by atoms with E-state index in [-0.39, 0.29) is 5.54 Å². The van der Waals surface area contributed by atoms with Gasteiger partial charge in [-0.1, -0.05) is 6.07 Å². The average Bonchev–Trinajstić information content (AvgIpc) is 2.79. The maximum atomic E-state index is 6.24. The van der Waals surface area contributed by atoms with Gasteiger partial charge in [0.2, 0.25) is 0 Å². The molecule has 5 heteroatoms. The number of para-hydroxylation sites is 1. The summed E-state index contributed by atoms with van der Waals surface area (Å²) in [4.78, 5) is 4.44. The number of nitrogen functional groups attached to an aromatic ring is 1. The van der Waals surface area contributed by atoms with Crippen LogP contribution >= 0.6 is 0 Å². The second-order valence-corrected chi connectivity index (χ2v) is 5.56. The highest BCUT2D eigenvalue weighted by atomic mass is 16.5. The maximum Gasteiger partial charge on any atom is 0.170 e. The van der Waals surface area contributed by atoms with Crippen LogP contribution in [-0.2, 0) is 5.54 Å². The predicted molar refractivity (Wildman–Crippen MR) is 80.2 cm³/mol. The zero-order valence-corrected chi connectivity index (χ0v) is 12.6. The summed E-state index contributed by atoms with van der Waals surface area (Å²) in [7, 11) is 3.22. The van der Waals surface area contributed by atoms with E-state index in [4.69, 9.17) is 15.2 Å². The van der Waals surface area contributed by atoms with Crippen LogP contribution in [0.5, 0.6) is 11.5 Å². The van der Waals surface area contributed by atoms with E-state index >= 15 is 0 Å². The SMILES string of the molecule is COc1cccc(-c2ncn(C(C)(C)C)c2N)c1OC. The first-order valence-corrected chi connectivity index (χ1v) is 6.44. The summed E-state index contributed by atoms with van der Waals surface area (Å²) in [6.07, 6.45) is 1.75. The molecule has 0 aliphatic heterocycles. The smallest absolute Gasteiger partial charge is 0.170 e. The van der Waals surface area contributed by atoms with Gasteiger partial charge in [0, 0.05) is 11.1 Å². The highest BCUT2D eigenvalue weighted by molar-refractivity contribution is 5.78. The fourth-order valence-corrected chi connectivity index (χ4v) is 2.17. The number of nitrogens with two attached hydrogens (primary N) is 1. The Morgan fingerprint density at radius 2 is 1.85 bits per heavy atom. The normalized spacial score (nSPS) is 11.4. The number of hydrogen-bond acceptors (Lipinski definition) is 4. The van der Waals surface area contributed by atoms with Crippen molar-refractivity contribution in [2.75, 3.05) is 20.0 Å². The Morgan fingerprint density at radius 1 is 1.15 bits per heavy atom. The molecule has 1 heterocycles. The molecule has 2 N–H and O–H groups in total. The molecule has 2 rings (SSSR count). The zero-order chi connectivity index (χ0) is 14.9. The highest BCUT2D eigenvalue weighted by Gasteiger charge is 2.22. The van der Waals surface area contributed by atoms with Crippen molar-refractivity contribution in [2.45, 2.75) is 26.3 Å². The Bertz CT molecular complexity index is 612. The van der Waals surface area contributed by atoms with Crippen LogP contribution in [0.2, 0.25) is 0 Å². The number of imidazole rings is 1. The number of aromatic nitrogens is 2. The molecule has 0 atom stereocenters. The highest BCUT2D eigenvalue weighted by Crippen LogP contribution is 2.40. The number of nitrogens with zero attached hydrogens (tertiary/aromatic N) is 2. The Morgan fingerprint density at radius 3 is 2.35 bits per heavy atom. The third kappa shape index (κ3) is 2.31. The van der Waals surface area contributed by atoms with E-state index in [1.54, 1.807) is 20.5 Å². The zero-order valence-electron chi connectivity index (χ0n) is 12.6. The van der Waals surface area contributed by atoms with E-state index in [0.717, 1.165) is 5.56 Å². The van der Waals surface area contributed by atoms with Crippen LogP contribution in [0.4, 0.5) is 5.82 Å². The van der Waals surface area contributed by atoms with E-state index in [1.165, 1.54) is 0 Å². The number of benzene rings is 1. The first kappa shape index (κ1) is 14.2. The lowest BCUT2D eigenvalue weighted by Gasteiger charge is -2.22. The number of rotatable bonds is 3. The van der Waals surface area contributed by atoms with Crippen LogP contribution in [0.3, 0.4) is 0 Å². The Balaban J connectivity index is 2.61. The summed E-state index contributed by atoms with van der Waals surface area (Å²) < 4.78 is 12.7. The quantitative estimate of drug-likeness (QED) is 0.935. The van der Waals surface area contributed by atoms with Gasteiger partial charge in [-0.2, -0.15) is 0 Å². The topological polar surface area (TPSA) is 62.3 Å². The minimum Gasteiger partial charge on any atom is -0.493 e. The van der Waals surface area contributed by atoms with Crippen molar-refractivity contribution in [3.05, 3.63) is 24.5 Å². The van der Waals surface area contributed by atoms with Crippen molar-refractivity contribution < 1.29 is 9.47 Å². The molecule has 0 saturated heterocycles. The Hall–Kier alpha value is -2.17. The first-order valence-electron chi connectivity index (χ1n) is 6.44. The van der Waals surface area contributed by atoms with Gasteiger partial charge in [0.05, 0.1) is 20.5 Å². The molecule has 0 amide bonds. The predicted octanol–water partition coefficient (Wildman–Crippen LogP) is 2.90. The van der Waals surface area contributed by atoms with Crippen LogP contribution in [0.1, 0.15) is 20.8 Å². The van der Waals surface area contributed by atoms with Gasteiger partial charge in [-0.15, -0.1) is 0 Å². The minimum absolute atomic E-state index is 0.124. The van der Waals surface area contributed by atoms with E-state index < -0.39 is 0 Å². The first-order chi connectivity index (χ1) is 9.40. The van der Waals surface area contributed by atoms with Gasteiger partial charge >= 0.3 is 0 Å². The number of ether oxygens (including phenoxy) is 2. The molecule has 0 unspecified atom stereocenters. The van der Waals surface area contributed by atoms with Gasteiger partial charge < -0.3 is 19.8 Å². The Labute approximate surface area is 119 Å². The molecule has 1 aromatic heterocycles. The largest absolute Gasteiger partial charge is 0.493 e. The van der Waals surface area contributed by atoms with Crippen LogP contribution in [0.25, 0.3) is 11.3 Å². The van der Waals surface area contributed by atoms with Crippen LogP contribution in [-0.4, -0.2) is 23.8 Å². The third-order valence-corrected chi connectivity index (χ3v) is 3.19. The maximum absolute atomic E-state index is 6.24. The summed E-state index contributed by atoms with van der Waals surface area (Å²) in [5, 5.41) is 0. The lowest BCUT2D eigenvalue weighted by molar-refractivity contribution is 0.356. The molecule has 1 aromatic carbocycles. The third-order valence-electron chi connectivity index (χ3n) is 3.19. The van der Waals surface area contributed by atoms with E-state index in [1.807, 2.05) is 22.8 Å². The molecule has 108 valence electrons. The fraction of sp³-hybridized carbons (Fsp3) is 0.400. The van der Waals surface area contributed by atoms with Gasteiger partial charge in [0.1, 0.15) is 11.5 Å². The van der Waals surface area contributed by atoms with Gasteiger partial charge in [-0.3, -0.25) is 0 Å². The van der Waals surface area contributed by atoms with E-state index in [0.29, 0.717) is 23.0 Å². The molecule has 0 spiro atoms. The van der Waals surface area contributed by atoms with Crippen molar-refractivity contribution in [3.8, 4) is 22.8 Å². The van der Waals surface area contributed by atoms with Crippen molar-refractivity contribution >= 4 is 5.82 Å². The second kappa shape index (κ2) is 5.07. The summed E-state index contributed by atoms with van der Waals surface area (Å²) in [6.45, 7) is 6.24. The van der Waals surface area contributed by atoms with Crippen molar-refractivity contribution in [3.63, 3.8) is 0 Å². The molecular formula is C15H21N3O2. The van der Waals surface area contributed by atoms with Crippen molar-refractivity contribution in [1.29, 1.82) is 0 Å². The molecular weight excluding hydrogens is 254 g/mol. The van der Waals surface area contributed by atoms with Crippen molar-refractivity contribution in [2.24, 2.45) is 0 Å². The average molecular weight is 275 g/mol. The summed E-state index contributed by atoms with van der Waals surface area (Å²) >= 11 is 0. The lowest BCUT2D eigenvalue weighted by Crippen LogP contribution is -2.22. The lowest BCUT2D eigenvalue weighted by atomic mass is 10.1. The number of anilines is 1. The van der Waals surface area contributed by atoms with E-state index in [2.05, 4.69) is 25.8 Å². The van der Waals surface area contributed by atoms with Gasteiger partial charge in [0.25, 0.3) is 0 Å². The van der Waals surface area contributed by atoms with Crippen LogP contribution in [0.15, 0.2) is 24.5 Å². The molecule has 0 radical (unpaired) electrons. The number of methoxy groups -OCH3 is 2. The number of hydrogen-bond donors (Lipinski definition) is 1. The summed E-state index contributed by atoms with van der Waals surface area (Å²) in [5.41, 5.74) is 7.65. The fourth-order valence-electron chi connectivity index (χ4n) is 2.17. The molecule has 0 aliphatic rings. The standard InChI is InChI=1S/C15H21N3O2/c1-15(2,3)18-9-17-12(14(18)16)10-7-6-8-11(19-4)13(10)20-5/h6-9H,16H2,1-5H3. The van der Waals surface area contributed by atoms with E-state index in [9.17, 15) is 0 Å². The molecule has 0 saturated carbocycles.